The molecule has 2 aliphatic rings. The molecule has 1 saturated heterocycles. The Balaban J connectivity index is 1.83. The lowest BCUT2D eigenvalue weighted by atomic mass is 9.83. The van der Waals surface area contributed by atoms with E-state index in [2.05, 4.69) is 17.1 Å². The minimum Gasteiger partial charge on any atom is -0.317 e. The first kappa shape index (κ1) is 12.4. The highest BCUT2D eigenvalue weighted by Gasteiger charge is 2.25. The molecule has 2 rings (SSSR count). The Morgan fingerprint density at radius 1 is 1.06 bits per heavy atom. The summed E-state index contributed by atoms with van der Waals surface area (Å²) in [4.78, 5) is 2.79. The third kappa shape index (κ3) is 3.46. The molecule has 2 atom stereocenters. The van der Waals surface area contributed by atoms with Gasteiger partial charge in [-0.3, -0.25) is 0 Å². The summed E-state index contributed by atoms with van der Waals surface area (Å²) >= 11 is 0. The largest absolute Gasteiger partial charge is 0.317 e. The molecule has 1 heterocycles. The fraction of sp³-hybridized carbons (Fsp3) is 1.00. The van der Waals surface area contributed by atoms with Crippen molar-refractivity contribution < 1.29 is 0 Å². The lowest BCUT2D eigenvalue weighted by molar-refractivity contribution is 0.120. The van der Waals surface area contributed by atoms with Crippen LogP contribution < -0.4 is 5.32 Å². The summed E-state index contributed by atoms with van der Waals surface area (Å²) in [7, 11) is 0. The van der Waals surface area contributed by atoms with Crippen molar-refractivity contribution in [3.63, 3.8) is 0 Å². The van der Waals surface area contributed by atoms with Gasteiger partial charge >= 0.3 is 0 Å². The van der Waals surface area contributed by atoms with Crippen molar-refractivity contribution in [2.24, 2.45) is 5.92 Å². The summed E-state index contributed by atoms with van der Waals surface area (Å²) < 4.78 is 0. The van der Waals surface area contributed by atoms with Gasteiger partial charge in [0.25, 0.3) is 0 Å². The average Bonchev–Trinajstić information content (AvgIpc) is 2.29. The van der Waals surface area contributed by atoms with E-state index < -0.39 is 0 Å². The van der Waals surface area contributed by atoms with Crippen molar-refractivity contribution in [2.45, 2.75) is 57.9 Å². The van der Waals surface area contributed by atoms with E-state index in [1.807, 2.05) is 0 Å². The second-order valence-electron chi connectivity index (χ2n) is 5.59. The average molecular weight is 224 g/mol. The molecule has 2 nitrogen and oxygen atoms in total. The van der Waals surface area contributed by atoms with Crippen LogP contribution in [0.25, 0.3) is 0 Å². The maximum atomic E-state index is 3.50. The monoisotopic (exact) mass is 224 g/mol. The molecule has 0 aromatic rings. The number of nitrogens with one attached hydrogen (secondary N) is 1. The third-order valence-electron chi connectivity index (χ3n) is 4.45. The molecule has 0 aromatic carbocycles. The summed E-state index contributed by atoms with van der Waals surface area (Å²) in [5.41, 5.74) is 0. The van der Waals surface area contributed by atoms with Crippen molar-refractivity contribution in [2.75, 3.05) is 26.2 Å². The summed E-state index contributed by atoms with van der Waals surface area (Å²) in [5, 5.41) is 3.50. The molecule has 2 fully saturated rings. The van der Waals surface area contributed by atoms with Crippen LogP contribution in [0.1, 0.15) is 51.9 Å². The zero-order valence-electron chi connectivity index (χ0n) is 10.9. The Labute approximate surface area is 101 Å². The van der Waals surface area contributed by atoms with Gasteiger partial charge in [-0.25, -0.2) is 0 Å². The van der Waals surface area contributed by atoms with Crippen molar-refractivity contribution in [3.05, 3.63) is 0 Å². The quantitative estimate of drug-likeness (QED) is 0.776. The molecule has 0 aromatic heterocycles. The van der Waals surface area contributed by atoms with Crippen LogP contribution in [0, 0.1) is 5.92 Å². The van der Waals surface area contributed by atoms with E-state index in [4.69, 9.17) is 0 Å². The molecule has 2 unspecified atom stereocenters. The predicted octanol–water partition coefficient (Wildman–Crippen LogP) is 2.64. The van der Waals surface area contributed by atoms with Gasteiger partial charge in [0.15, 0.2) is 0 Å². The number of hydrogen-bond donors (Lipinski definition) is 1. The smallest absolute Gasteiger partial charge is 0.00979 e. The normalized spacial score (nSPS) is 34.3. The highest BCUT2D eigenvalue weighted by atomic mass is 15.2. The topological polar surface area (TPSA) is 15.3 Å². The molecule has 2 heteroatoms. The van der Waals surface area contributed by atoms with Gasteiger partial charge in [0.05, 0.1) is 0 Å². The lowest BCUT2D eigenvalue weighted by Crippen LogP contribution is -2.43. The molecule has 1 N–H and O–H groups in total. The van der Waals surface area contributed by atoms with E-state index in [1.54, 1.807) is 0 Å². The van der Waals surface area contributed by atoms with Crippen molar-refractivity contribution >= 4 is 0 Å². The number of hydrogen-bond acceptors (Lipinski definition) is 2. The van der Waals surface area contributed by atoms with Gasteiger partial charge in [0.1, 0.15) is 0 Å². The fourth-order valence-corrected chi connectivity index (χ4v) is 3.38. The molecule has 1 saturated carbocycles. The third-order valence-corrected chi connectivity index (χ3v) is 4.45. The van der Waals surface area contributed by atoms with Crippen molar-refractivity contribution in [3.8, 4) is 0 Å². The predicted molar refractivity (Wildman–Crippen MR) is 69.7 cm³/mol. The van der Waals surface area contributed by atoms with Crippen LogP contribution in [0.2, 0.25) is 0 Å². The molecular formula is C14H28N2. The standard InChI is InChI=1S/C14H28N2/c1-2-13-6-3-7-14(12-13)16-10-4-8-15-9-5-11-16/h13-15H,2-12H2,1H3. The summed E-state index contributed by atoms with van der Waals surface area (Å²) in [5.74, 6) is 1.02. The van der Waals surface area contributed by atoms with Gasteiger partial charge < -0.3 is 10.2 Å². The molecule has 0 spiro atoms. The highest BCUT2D eigenvalue weighted by molar-refractivity contribution is 4.81. The van der Waals surface area contributed by atoms with E-state index in [-0.39, 0.29) is 0 Å². The molecule has 0 bridgehead atoms. The zero-order valence-corrected chi connectivity index (χ0v) is 10.9. The van der Waals surface area contributed by atoms with Gasteiger partial charge in [0, 0.05) is 6.04 Å². The Kier molecular flexibility index (Phi) is 5.11. The Bertz CT molecular complexity index is 185. The first-order valence-electron chi connectivity index (χ1n) is 7.35. The Morgan fingerprint density at radius 3 is 2.50 bits per heavy atom. The second kappa shape index (κ2) is 6.61. The molecule has 0 radical (unpaired) electrons. The van der Waals surface area contributed by atoms with E-state index in [0.29, 0.717) is 0 Å². The van der Waals surface area contributed by atoms with Crippen LogP contribution in [0.4, 0.5) is 0 Å². The lowest BCUT2D eigenvalue weighted by Gasteiger charge is -2.38. The Hall–Kier alpha value is -0.0800. The van der Waals surface area contributed by atoms with Crippen LogP contribution in [0.5, 0.6) is 0 Å². The Morgan fingerprint density at radius 2 is 1.81 bits per heavy atom. The second-order valence-corrected chi connectivity index (χ2v) is 5.59. The van der Waals surface area contributed by atoms with Gasteiger partial charge in [-0.05, 0) is 57.8 Å². The molecule has 1 aliphatic heterocycles. The molecule has 16 heavy (non-hydrogen) atoms. The maximum Gasteiger partial charge on any atom is 0.00979 e. The van der Waals surface area contributed by atoms with Gasteiger partial charge in [-0.15, -0.1) is 0 Å². The number of rotatable bonds is 2. The van der Waals surface area contributed by atoms with Gasteiger partial charge in [-0.1, -0.05) is 26.2 Å². The summed E-state index contributed by atoms with van der Waals surface area (Å²) in [6, 6.07) is 0.914. The first-order chi connectivity index (χ1) is 7.90. The van der Waals surface area contributed by atoms with Crippen LogP contribution >= 0.6 is 0 Å². The fourth-order valence-electron chi connectivity index (χ4n) is 3.38. The minimum absolute atomic E-state index is 0.914. The van der Waals surface area contributed by atoms with E-state index in [1.165, 1.54) is 71.1 Å². The van der Waals surface area contributed by atoms with Gasteiger partial charge in [-0.2, -0.15) is 0 Å². The molecular weight excluding hydrogens is 196 g/mol. The van der Waals surface area contributed by atoms with Gasteiger partial charge in [0.2, 0.25) is 0 Å². The van der Waals surface area contributed by atoms with Crippen LogP contribution in [0.15, 0.2) is 0 Å². The number of nitrogens with zero attached hydrogens (tertiary/aromatic N) is 1. The van der Waals surface area contributed by atoms with E-state index in [9.17, 15) is 0 Å². The van der Waals surface area contributed by atoms with Crippen molar-refractivity contribution in [1.82, 2.24) is 10.2 Å². The summed E-state index contributed by atoms with van der Waals surface area (Å²) in [6.45, 7) is 7.47. The molecule has 0 amide bonds. The highest BCUT2D eigenvalue weighted by Crippen LogP contribution is 2.29. The molecule has 94 valence electrons. The molecule has 1 aliphatic carbocycles. The van der Waals surface area contributed by atoms with E-state index in [0.717, 1.165) is 12.0 Å². The van der Waals surface area contributed by atoms with Crippen LogP contribution in [0.3, 0.4) is 0 Å². The first-order valence-corrected chi connectivity index (χ1v) is 7.35. The van der Waals surface area contributed by atoms with E-state index >= 15 is 0 Å². The van der Waals surface area contributed by atoms with Crippen LogP contribution in [-0.4, -0.2) is 37.1 Å². The van der Waals surface area contributed by atoms with Crippen LogP contribution in [-0.2, 0) is 0 Å². The minimum atomic E-state index is 0.914. The van der Waals surface area contributed by atoms with Crippen molar-refractivity contribution in [1.29, 1.82) is 0 Å². The summed E-state index contributed by atoms with van der Waals surface area (Å²) in [6.07, 6.45) is 9.97. The SMILES string of the molecule is CCC1CCCC(N2CCCNCCC2)C1. The maximum absolute atomic E-state index is 3.50. The zero-order chi connectivity index (χ0) is 11.2.